The van der Waals surface area contributed by atoms with Gasteiger partial charge in [0.2, 0.25) is 0 Å². The number of rotatable bonds is 3. The van der Waals surface area contributed by atoms with E-state index in [2.05, 4.69) is 26.0 Å². The van der Waals surface area contributed by atoms with Crippen LogP contribution in [-0.2, 0) is 10.2 Å². The van der Waals surface area contributed by atoms with Crippen molar-refractivity contribution in [3.05, 3.63) is 35.9 Å². The van der Waals surface area contributed by atoms with E-state index in [1.165, 1.54) is 5.56 Å². The van der Waals surface area contributed by atoms with Crippen molar-refractivity contribution in [3.8, 4) is 0 Å². The van der Waals surface area contributed by atoms with E-state index in [9.17, 15) is 4.79 Å². The molecule has 0 aliphatic rings. The van der Waals surface area contributed by atoms with E-state index in [0.717, 1.165) is 6.29 Å². The molecule has 0 bridgehead atoms. The summed E-state index contributed by atoms with van der Waals surface area (Å²) < 4.78 is 0. The van der Waals surface area contributed by atoms with Gasteiger partial charge in [-0.05, 0) is 11.0 Å². The van der Waals surface area contributed by atoms with Gasteiger partial charge in [0.25, 0.3) is 0 Å². The van der Waals surface area contributed by atoms with Crippen molar-refractivity contribution < 1.29 is 4.79 Å². The lowest BCUT2D eigenvalue weighted by Gasteiger charge is -2.21. The number of hydrogen-bond donors (Lipinski definition) is 0. The lowest BCUT2D eigenvalue weighted by Crippen LogP contribution is -2.17. The Morgan fingerprint density at radius 3 is 2.33 bits per heavy atom. The first-order chi connectivity index (χ1) is 5.67. The molecular weight excluding hydrogens is 148 g/mol. The van der Waals surface area contributed by atoms with Crippen molar-refractivity contribution in [2.45, 2.75) is 25.7 Å². The van der Waals surface area contributed by atoms with Gasteiger partial charge < -0.3 is 4.79 Å². The molecule has 64 valence electrons. The molecule has 0 aliphatic carbocycles. The normalized spacial score (nSPS) is 11.2. The summed E-state index contributed by atoms with van der Waals surface area (Å²) in [6.07, 6.45) is 1.56. The Morgan fingerprint density at radius 1 is 1.25 bits per heavy atom. The fourth-order valence-electron chi connectivity index (χ4n) is 1.22. The van der Waals surface area contributed by atoms with Gasteiger partial charge in [-0.3, -0.25) is 0 Å². The molecule has 0 atom stereocenters. The molecule has 12 heavy (non-hydrogen) atoms. The van der Waals surface area contributed by atoms with Crippen molar-refractivity contribution in [2.75, 3.05) is 0 Å². The van der Waals surface area contributed by atoms with Gasteiger partial charge >= 0.3 is 0 Å². The van der Waals surface area contributed by atoms with Gasteiger partial charge in [0.1, 0.15) is 6.29 Å². The zero-order valence-electron chi connectivity index (χ0n) is 7.58. The highest BCUT2D eigenvalue weighted by molar-refractivity contribution is 5.53. The van der Waals surface area contributed by atoms with Crippen LogP contribution >= 0.6 is 0 Å². The van der Waals surface area contributed by atoms with Crippen molar-refractivity contribution >= 4 is 6.29 Å². The lowest BCUT2D eigenvalue weighted by atomic mass is 9.82. The monoisotopic (exact) mass is 162 g/mol. The van der Waals surface area contributed by atoms with E-state index < -0.39 is 0 Å². The second-order valence-corrected chi connectivity index (χ2v) is 3.62. The van der Waals surface area contributed by atoms with Crippen LogP contribution in [0.3, 0.4) is 0 Å². The highest BCUT2D eigenvalue weighted by Crippen LogP contribution is 2.25. The number of benzene rings is 1. The molecule has 0 radical (unpaired) electrons. The SMILES string of the molecule is CC(C)(CC=O)c1ccccc1. The summed E-state index contributed by atoms with van der Waals surface area (Å²) in [5.41, 5.74) is 1.19. The third-order valence-electron chi connectivity index (χ3n) is 2.15. The van der Waals surface area contributed by atoms with E-state index in [1.54, 1.807) is 0 Å². The Balaban J connectivity index is 2.89. The van der Waals surface area contributed by atoms with Crippen LogP contribution in [-0.4, -0.2) is 6.29 Å². The van der Waals surface area contributed by atoms with Crippen LogP contribution in [0.15, 0.2) is 30.3 Å². The van der Waals surface area contributed by atoms with Gasteiger partial charge in [-0.25, -0.2) is 0 Å². The molecule has 0 amide bonds. The summed E-state index contributed by atoms with van der Waals surface area (Å²) in [5.74, 6) is 0. The third-order valence-corrected chi connectivity index (χ3v) is 2.15. The first-order valence-corrected chi connectivity index (χ1v) is 4.16. The van der Waals surface area contributed by atoms with Crippen LogP contribution < -0.4 is 0 Å². The molecule has 0 N–H and O–H groups in total. The van der Waals surface area contributed by atoms with Crippen LogP contribution in [0.2, 0.25) is 0 Å². The van der Waals surface area contributed by atoms with Crippen molar-refractivity contribution in [3.63, 3.8) is 0 Å². The highest BCUT2D eigenvalue weighted by Gasteiger charge is 2.18. The first kappa shape index (κ1) is 8.98. The fraction of sp³-hybridized carbons (Fsp3) is 0.364. The standard InChI is InChI=1S/C11H14O/c1-11(2,8-9-12)10-6-4-3-5-7-10/h3-7,9H,8H2,1-2H3. The molecule has 1 aromatic carbocycles. The van der Waals surface area contributed by atoms with Crippen molar-refractivity contribution in [2.24, 2.45) is 0 Å². The molecule has 0 unspecified atom stereocenters. The second-order valence-electron chi connectivity index (χ2n) is 3.62. The molecule has 1 aromatic rings. The molecule has 1 heteroatoms. The van der Waals surface area contributed by atoms with Gasteiger partial charge in [0, 0.05) is 6.42 Å². The molecule has 0 aromatic heterocycles. The second kappa shape index (κ2) is 3.53. The van der Waals surface area contributed by atoms with Gasteiger partial charge in [0.15, 0.2) is 0 Å². The van der Waals surface area contributed by atoms with Gasteiger partial charge in [0.05, 0.1) is 0 Å². The number of aldehydes is 1. The lowest BCUT2D eigenvalue weighted by molar-refractivity contribution is -0.108. The average molecular weight is 162 g/mol. The molecular formula is C11H14O. The van der Waals surface area contributed by atoms with E-state index in [1.807, 2.05) is 18.2 Å². The summed E-state index contributed by atoms with van der Waals surface area (Å²) in [6, 6.07) is 10.1. The minimum atomic E-state index is -0.0248. The maximum absolute atomic E-state index is 10.4. The Hall–Kier alpha value is -1.11. The Kier molecular flexibility index (Phi) is 2.64. The third kappa shape index (κ3) is 1.94. The minimum absolute atomic E-state index is 0.0248. The molecule has 0 heterocycles. The average Bonchev–Trinajstić information content (AvgIpc) is 2.06. The van der Waals surface area contributed by atoms with Gasteiger partial charge in [-0.1, -0.05) is 44.2 Å². The predicted octanol–water partition coefficient (Wildman–Crippen LogP) is 2.55. The van der Waals surface area contributed by atoms with Crippen LogP contribution in [0.1, 0.15) is 25.8 Å². The predicted molar refractivity (Wildman–Crippen MR) is 50.1 cm³/mol. The maximum Gasteiger partial charge on any atom is 0.120 e. The topological polar surface area (TPSA) is 17.1 Å². The molecule has 0 saturated heterocycles. The quantitative estimate of drug-likeness (QED) is 0.624. The zero-order valence-corrected chi connectivity index (χ0v) is 7.58. The minimum Gasteiger partial charge on any atom is -0.303 e. The fourth-order valence-corrected chi connectivity index (χ4v) is 1.22. The van der Waals surface area contributed by atoms with Crippen LogP contribution in [0.4, 0.5) is 0 Å². The summed E-state index contributed by atoms with van der Waals surface area (Å²) >= 11 is 0. The summed E-state index contributed by atoms with van der Waals surface area (Å²) in [7, 11) is 0. The Bertz CT molecular complexity index is 249. The van der Waals surface area contributed by atoms with Gasteiger partial charge in [-0.15, -0.1) is 0 Å². The van der Waals surface area contributed by atoms with Gasteiger partial charge in [-0.2, -0.15) is 0 Å². The molecule has 0 saturated carbocycles. The molecule has 1 rings (SSSR count). The van der Waals surface area contributed by atoms with Crippen LogP contribution in [0.5, 0.6) is 0 Å². The first-order valence-electron chi connectivity index (χ1n) is 4.16. The summed E-state index contributed by atoms with van der Waals surface area (Å²) in [4.78, 5) is 10.4. The van der Waals surface area contributed by atoms with Crippen LogP contribution in [0.25, 0.3) is 0 Å². The van der Waals surface area contributed by atoms with E-state index in [-0.39, 0.29) is 5.41 Å². The van der Waals surface area contributed by atoms with E-state index in [0.29, 0.717) is 6.42 Å². The number of carbonyl (C=O) groups excluding carboxylic acids is 1. The largest absolute Gasteiger partial charge is 0.303 e. The summed E-state index contributed by atoms with van der Waals surface area (Å²) in [6.45, 7) is 4.16. The van der Waals surface area contributed by atoms with Crippen LogP contribution in [0, 0.1) is 0 Å². The molecule has 1 nitrogen and oxygen atoms in total. The molecule has 0 aliphatic heterocycles. The van der Waals surface area contributed by atoms with E-state index in [4.69, 9.17) is 0 Å². The molecule has 0 spiro atoms. The smallest absolute Gasteiger partial charge is 0.120 e. The molecule has 0 fully saturated rings. The highest BCUT2D eigenvalue weighted by atomic mass is 16.1. The number of carbonyl (C=O) groups is 1. The Morgan fingerprint density at radius 2 is 1.83 bits per heavy atom. The van der Waals surface area contributed by atoms with Crippen molar-refractivity contribution in [1.82, 2.24) is 0 Å². The Labute approximate surface area is 73.4 Å². The van der Waals surface area contributed by atoms with E-state index >= 15 is 0 Å². The maximum atomic E-state index is 10.4. The summed E-state index contributed by atoms with van der Waals surface area (Å²) in [5, 5.41) is 0. The number of hydrogen-bond acceptors (Lipinski definition) is 1. The zero-order chi connectivity index (χ0) is 9.03. The van der Waals surface area contributed by atoms with Crippen molar-refractivity contribution in [1.29, 1.82) is 0 Å².